The van der Waals surface area contributed by atoms with Crippen molar-refractivity contribution in [3.63, 3.8) is 0 Å². The number of rotatable bonds is 10. The van der Waals surface area contributed by atoms with E-state index in [4.69, 9.17) is 14.2 Å². The van der Waals surface area contributed by atoms with E-state index >= 15 is 0 Å². The van der Waals surface area contributed by atoms with Crippen LogP contribution in [-0.2, 0) is 4.74 Å². The van der Waals surface area contributed by atoms with E-state index in [1.165, 1.54) is 6.26 Å². The molecule has 130 valence electrons. The van der Waals surface area contributed by atoms with Gasteiger partial charge in [0, 0.05) is 5.56 Å². The first-order valence-electron chi connectivity index (χ1n) is 7.95. The van der Waals surface area contributed by atoms with Crippen LogP contribution in [0, 0.1) is 0 Å². The molecule has 0 bridgehead atoms. The summed E-state index contributed by atoms with van der Waals surface area (Å²) in [5.74, 6) is 0.612. The lowest BCUT2D eigenvalue weighted by molar-refractivity contribution is 0.0734. The third-order valence-electron chi connectivity index (χ3n) is 3.36. The fourth-order valence-corrected chi connectivity index (χ4v) is 2.03. The molecular weight excluding hydrogens is 320 g/mol. The van der Waals surface area contributed by atoms with E-state index in [9.17, 15) is 9.59 Å². The summed E-state index contributed by atoms with van der Waals surface area (Å²) in [6, 6.07) is 13.1. The van der Waals surface area contributed by atoms with E-state index < -0.39 is 5.97 Å². The Balaban J connectivity index is 1.80. The van der Waals surface area contributed by atoms with Crippen molar-refractivity contribution in [3.8, 4) is 11.5 Å². The number of ether oxygens (including phenoxy) is 3. The minimum Gasteiger partial charge on any atom is -0.502 e. The van der Waals surface area contributed by atoms with Gasteiger partial charge in [0.2, 0.25) is 0 Å². The summed E-state index contributed by atoms with van der Waals surface area (Å²) in [6.07, 6.45) is 3.92. The Labute approximate surface area is 146 Å². The predicted octanol–water partition coefficient (Wildman–Crippen LogP) is 4.04. The number of unbranched alkanes of at least 4 members (excludes halogenated alkanes) is 1. The summed E-state index contributed by atoms with van der Waals surface area (Å²) in [6.45, 7) is 4.68. The molecule has 2 aromatic rings. The Kier molecular flexibility index (Phi) is 7.25. The number of hydrogen-bond acceptors (Lipinski definition) is 5. The molecule has 0 saturated heterocycles. The van der Waals surface area contributed by atoms with Crippen LogP contribution in [-0.4, -0.2) is 25.5 Å². The lowest BCUT2D eigenvalue weighted by atomic mass is 10.2. The molecule has 0 heterocycles. The molecule has 0 aromatic heterocycles. The van der Waals surface area contributed by atoms with Crippen LogP contribution >= 0.6 is 0 Å². The van der Waals surface area contributed by atoms with Crippen LogP contribution in [0.1, 0.15) is 33.6 Å². The highest BCUT2D eigenvalue weighted by atomic mass is 16.5. The molecule has 0 radical (unpaired) electrons. The van der Waals surface area contributed by atoms with E-state index in [1.807, 2.05) is 0 Å². The van der Waals surface area contributed by atoms with Gasteiger partial charge in [0.05, 0.1) is 25.0 Å². The normalized spacial score (nSPS) is 9.92. The second-order valence-corrected chi connectivity index (χ2v) is 5.19. The molecule has 0 spiro atoms. The third-order valence-corrected chi connectivity index (χ3v) is 3.36. The second-order valence-electron chi connectivity index (χ2n) is 5.19. The summed E-state index contributed by atoms with van der Waals surface area (Å²) in [5, 5.41) is 0. The molecule has 2 aromatic carbocycles. The summed E-state index contributed by atoms with van der Waals surface area (Å²) in [7, 11) is 0. The van der Waals surface area contributed by atoms with Crippen molar-refractivity contribution in [1.29, 1.82) is 0 Å². The quantitative estimate of drug-likeness (QED) is 0.215. The topological polar surface area (TPSA) is 61.8 Å². The van der Waals surface area contributed by atoms with E-state index in [-0.39, 0.29) is 0 Å². The van der Waals surface area contributed by atoms with Crippen molar-refractivity contribution >= 4 is 12.3 Å². The average molecular weight is 340 g/mol. The fourth-order valence-electron chi connectivity index (χ4n) is 2.03. The zero-order valence-corrected chi connectivity index (χ0v) is 13.9. The van der Waals surface area contributed by atoms with Crippen LogP contribution in [0.4, 0.5) is 0 Å². The third kappa shape index (κ3) is 6.14. The molecule has 0 atom stereocenters. The van der Waals surface area contributed by atoms with Crippen LogP contribution in [0.3, 0.4) is 0 Å². The molecule has 0 aliphatic heterocycles. The molecule has 0 aliphatic rings. The number of aldehydes is 1. The van der Waals surface area contributed by atoms with Gasteiger partial charge in [-0.05, 0) is 61.4 Å². The minimum absolute atomic E-state index is 0.387. The first kappa shape index (κ1) is 18.3. The molecular formula is C20H20O5. The predicted molar refractivity (Wildman–Crippen MR) is 94.1 cm³/mol. The molecule has 0 aliphatic carbocycles. The molecule has 0 amide bonds. The summed E-state index contributed by atoms with van der Waals surface area (Å²) in [4.78, 5) is 22.7. The molecule has 0 fully saturated rings. The van der Waals surface area contributed by atoms with Crippen molar-refractivity contribution in [2.24, 2.45) is 0 Å². The van der Waals surface area contributed by atoms with Crippen molar-refractivity contribution in [2.75, 3.05) is 13.2 Å². The van der Waals surface area contributed by atoms with Gasteiger partial charge in [-0.1, -0.05) is 6.58 Å². The zero-order valence-electron chi connectivity index (χ0n) is 13.9. The molecule has 0 N–H and O–H groups in total. The van der Waals surface area contributed by atoms with Gasteiger partial charge in [0.15, 0.2) is 0 Å². The van der Waals surface area contributed by atoms with Crippen LogP contribution in [0.2, 0.25) is 0 Å². The Morgan fingerprint density at radius 1 is 0.920 bits per heavy atom. The standard InChI is InChI=1S/C20H20O5/c1-2-23-13-3-4-14-24-18-11-7-17(8-12-18)20(22)25-19-9-5-16(15-21)6-10-19/h2,5-12,15H,1,3-4,13-14H2. The van der Waals surface area contributed by atoms with Gasteiger partial charge >= 0.3 is 5.97 Å². The van der Waals surface area contributed by atoms with Gasteiger partial charge < -0.3 is 14.2 Å². The van der Waals surface area contributed by atoms with E-state index in [0.717, 1.165) is 19.1 Å². The highest BCUT2D eigenvalue weighted by Crippen LogP contribution is 2.16. The first-order chi connectivity index (χ1) is 12.2. The van der Waals surface area contributed by atoms with Gasteiger partial charge in [0.25, 0.3) is 0 Å². The van der Waals surface area contributed by atoms with Crippen molar-refractivity contribution in [1.82, 2.24) is 0 Å². The van der Waals surface area contributed by atoms with Crippen LogP contribution in [0.5, 0.6) is 11.5 Å². The number of carbonyl (C=O) groups is 2. The molecule has 5 nitrogen and oxygen atoms in total. The van der Waals surface area contributed by atoms with E-state index in [1.54, 1.807) is 48.5 Å². The van der Waals surface area contributed by atoms with Crippen LogP contribution in [0.25, 0.3) is 0 Å². The van der Waals surface area contributed by atoms with Gasteiger partial charge in [-0.25, -0.2) is 4.79 Å². The van der Waals surface area contributed by atoms with Crippen molar-refractivity contribution < 1.29 is 23.8 Å². The molecule has 0 saturated carbocycles. The summed E-state index contributed by atoms with van der Waals surface area (Å²) >= 11 is 0. The molecule has 0 unspecified atom stereocenters. The van der Waals surface area contributed by atoms with E-state index in [2.05, 4.69) is 6.58 Å². The van der Waals surface area contributed by atoms with Gasteiger partial charge in [-0.3, -0.25) is 4.79 Å². The number of benzene rings is 2. The summed E-state index contributed by atoms with van der Waals surface area (Å²) < 4.78 is 15.9. The second kappa shape index (κ2) is 9.93. The van der Waals surface area contributed by atoms with Gasteiger partial charge in [0.1, 0.15) is 17.8 Å². The number of esters is 1. The number of carbonyl (C=O) groups excluding carboxylic acids is 2. The van der Waals surface area contributed by atoms with Gasteiger partial charge in [-0.2, -0.15) is 0 Å². The van der Waals surface area contributed by atoms with Crippen molar-refractivity contribution in [3.05, 3.63) is 72.5 Å². The van der Waals surface area contributed by atoms with Crippen LogP contribution < -0.4 is 9.47 Å². The Hall–Kier alpha value is -3.08. The maximum Gasteiger partial charge on any atom is 0.343 e. The van der Waals surface area contributed by atoms with Gasteiger partial charge in [-0.15, -0.1) is 0 Å². The largest absolute Gasteiger partial charge is 0.502 e. The Morgan fingerprint density at radius 2 is 1.56 bits per heavy atom. The average Bonchev–Trinajstić information content (AvgIpc) is 2.65. The SMILES string of the molecule is C=COCCCCOc1ccc(C(=O)Oc2ccc(C=O)cc2)cc1. The molecule has 2 rings (SSSR count). The maximum absolute atomic E-state index is 12.1. The number of hydrogen-bond donors (Lipinski definition) is 0. The Bertz CT molecular complexity index is 689. The highest BCUT2D eigenvalue weighted by molar-refractivity contribution is 5.91. The maximum atomic E-state index is 12.1. The minimum atomic E-state index is -0.466. The lowest BCUT2D eigenvalue weighted by Crippen LogP contribution is -2.08. The van der Waals surface area contributed by atoms with Crippen LogP contribution in [0.15, 0.2) is 61.4 Å². The highest BCUT2D eigenvalue weighted by Gasteiger charge is 2.08. The lowest BCUT2D eigenvalue weighted by Gasteiger charge is -2.08. The fraction of sp³-hybridized carbons (Fsp3) is 0.200. The zero-order chi connectivity index (χ0) is 17.9. The molecule has 25 heavy (non-hydrogen) atoms. The summed E-state index contributed by atoms with van der Waals surface area (Å²) in [5.41, 5.74) is 0.948. The first-order valence-corrected chi connectivity index (χ1v) is 7.95. The monoisotopic (exact) mass is 340 g/mol. The van der Waals surface area contributed by atoms with E-state index in [0.29, 0.717) is 35.8 Å². The Morgan fingerprint density at radius 3 is 2.20 bits per heavy atom. The molecule has 5 heteroatoms. The smallest absolute Gasteiger partial charge is 0.343 e. The van der Waals surface area contributed by atoms with Crippen molar-refractivity contribution in [2.45, 2.75) is 12.8 Å².